The molecule has 184 valence electrons. The fourth-order valence-electron chi connectivity index (χ4n) is 5.13. The zero-order valence-electron chi connectivity index (χ0n) is 18.6. The normalized spacial score (nSPS) is 23.5. The van der Waals surface area contributed by atoms with Crippen LogP contribution in [-0.4, -0.2) is 0 Å². The number of halogens is 7. The Hall–Kier alpha value is -2.51. The van der Waals surface area contributed by atoms with Gasteiger partial charge in [-0.3, -0.25) is 0 Å². The Morgan fingerprint density at radius 2 is 1.35 bits per heavy atom. The molecule has 34 heavy (non-hydrogen) atoms. The lowest BCUT2D eigenvalue weighted by Gasteiger charge is -2.34. The summed E-state index contributed by atoms with van der Waals surface area (Å²) in [5.41, 5.74) is -0.826. The summed E-state index contributed by atoms with van der Waals surface area (Å²) in [6, 6.07) is 1.98. The maximum Gasteiger partial charge on any atom is 0.432 e. The molecule has 0 bridgehead atoms. The zero-order chi connectivity index (χ0) is 24.6. The Morgan fingerprint density at radius 1 is 0.765 bits per heavy atom. The molecule has 1 atom stereocenters. The van der Waals surface area contributed by atoms with Gasteiger partial charge < -0.3 is 4.74 Å². The van der Waals surface area contributed by atoms with E-state index in [-0.39, 0.29) is 17.7 Å². The van der Waals surface area contributed by atoms with E-state index in [1.54, 1.807) is 0 Å². The molecule has 8 heteroatoms. The number of hydrogen-bond donors (Lipinski definition) is 0. The lowest BCUT2D eigenvalue weighted by molar-refractivity contribution is -0.189. The minimum Gasteiger partial charge on any atom is -0.429 e. The summed E-state index contributed by atoms with van der Waals surface area (Å²) in [5.74, 6) is -7.72. The van der Waals surface area contributed by atoms with Crippen LogP contribution in [0.4, 0.5) is 30.7 Å². The smallest absolute Gasteiger partial charge is 0.429 e. The highest BCUT2D eigenvalue weighted by molar-refractivity contribution is 5.67. The zero-order valence-corrected chi connectivity index (χ0v) is 18.6. The van der Waals surface area contributed by atoms with Gasteiger partial charge in [0.1, 0.15) is 22.9 Å². The van der Waals surface area contributed by atoms with Gasteiger partial charge in [0.15, 0.2) is 17.5 Å². The van der Waals surface area contributed by atoms with Gasteiger partial charge in [-0.1, -0.05) is 25.8 Å². The van der Waals surface area contributed by atoms with Crippen LogP contribution in [-0.2, 0) is 6.11 Å². The van der Waals surface area contributed by atoms with Crippen molar-refractivity contribution >= 4 is 5.57 Å². The summed E-state index contributed by atoms with van der Waals surface area (Å²) in [6.07, 6.45) is 4.37. The van der Waals surface area contributed by atoms with Crippen molar-refractivity contribution in [1.82, 2.24) is 0 Å². The van der Waals surface area contributed by atoms with Crippen LogP contribution in [0.3, 0.4) is 0 Å². The number of alkyl halides is 2. The van der Waals surface area contributed by atoms with E-state index in [1.165, 1.54) is 25.7 Å². The monoisotopic (exact) mass is 486 g/mol. The third-order valence-corrected chi connectivity index (χ3v) is 7.09. The molecule has 0 N–H and O–H groups in total. The van der Waals surface area contributed by atoms with Gasteiger partial charge in [-0.2, -0.15) is 8.78 Å². The molecule has 2 aromatic carbocycles. The topological polar surface area (TPSA) is 9.23 Å². The van der Waals surface area contributed by atoms with Crippen molar-refractivity contribution in [2.45, 2.75) is 58.0 Å². The van der Waals surface area contributed by atoms with Crippen LogP contribution in [0.15, 0.2) is 30.3 Å². The Labute approximate surface area is 193 Å². The van der Waals surface area contributed by atoms with Crippen LogP contribution in [0.5, 0.6) is 5.75 Å². The Morgan fingerprint density at radius 3 is 1.88 bits per heavy atom. The van der Waals surface area contributed by atoms with E-state index in [4.69, 9.17) is 0 Å². The van der Waals surface area contributed by atoms with E-state index < -0.39 is 46.5 Å². The van der Waals surface area contributed by atoms with Crippen LogP contribution >= 0.6 is 0 Å². The van der Waals surface area contributed by atoms with E-state index in [9.17, 15) is 30.7 Å². The molecule has 0 heterocycles. The third-order valence-electron chi connectivity index (χ3n) is 7.09. The van der Waals surface area contributed by atoms with E-state index in [1.807, 2.05) is 6.08 Å². The first-order chi connectivity index (χ1) is 16.0. The summed E-state index contributed by atoms with van der Waals surface area (Å²) < 4.78 is 102. The molecule has 0 saturated heterocycles. The van der Waals surface area contributed by atoms with Gasteiger partial charge in [-0.25, -0.2) is 22.0 Å². The highest BCUT2D eigenvalue weighted by Crippen LogP contribution is 2.42. The van der Waals surface area contributed by atoms with E-state index in [0.29, 0.717) is 23.8 Å². The Bertz CT molecular complexity index is 1040. The van der Waals surface area contributed by atoms with Gasteiger partial charge in [-0.15, -0.1) is 0 Å². The minimum absolute atomic E-state index is 0.170. The number of hydrogen-bond acceptors (Lipinski definition) is 1. The van der Waals surface area contributed by atoms with Gasteiger partial charge in [0, 0.05) is 12.1 Å². The van der Waals surface area contributed by atoms with Gasteiger partial charge in [0.2, 0.25) is 0 Å². The largest absolute Gasteiger partial charge is 0.432 e. The van der Waals surface area contributed by atoms with Gasteiger partial charge in [0.25, 0.3) is 0 Å². The van der Waals surface area contributed by atoms with Gasteiger partial charge in [-0.05, 0) is 73.1 Å². The van der Waals surface area contributed by atoms with Gasteiger partial charge >= 0.3 is 6.11 Å². The number of rotatable bonds is 5. The lowest BCUT2D eigenvalue weighted by atomic mass is 9.71. The first kappa shape index (κ1) is 24.6. The van der Waals surface area contributed by atoms with Crippen molar-refractivity contribution in [3.8, 4) is 5.75 Å². The highest BCUT2D eigenvalue weighted by atomic mass is 19.3. The first-order valence-corrected chi connectivity index (χ1v) is 11.5. The average Bonchev–Trinajstić information content (AvgIpc) is 2.77. The lowest BCUT2D eigenvalue weighted by Crippen LogP contribution is -2.25. The SMILES string of the molecule is CC1CCC(C2CC=C(c3cc(F)c(C(F)(F)Oc4cc(F)c(F)c(F)c4)c(F)c3)CC2)CC1. The molecule has 0 aromatic heterocycles. The van der Waals surface area contributed by atoms with Crippen LogP contribution in [0.25, 0.3) is 5.57 Å². The standard InChI is InChI=1S/C26H25F7O/c1-14-2-4-15(5-3-14)16-6-8-17(9-7-16)18-10-20(27)24(21(28)11-18)26(32,33)34-19-12-22(29)25(31)23(30)13-19/h8,10-16H,2-7,9H2,1H3. The molecular formula is C26H25F7O. The van der Waals surface area contributed by atoms with E-state index in [2.05, 4.69) is 11.7 Å². The number of benzene rings is 2. The molecule has 0 aliphatic heterocycles. The van der Waals surface area contributed by atoms with Crippen LogP contribution < -0.4 is 4.74 Å². The van der Waals surface area contributed by atoms with Crippen LogP contribution in [0.2, 0.25) is 0 Å². The van der Waals surface area contributed by atoms with Crippen LogP contribution in [0.1, 0.15) is 63.0 Å². The maximum absolute atomic E-state index is 14.7. The van der Waals surface area contributed by atoms with Crippen LogP contribution in [0, 0.1) is 46.8 Å². The highest BCUT2D eigenvalue weighted by Gasteiger charge is 2.42. The molecule has 1 nitrogen and oxygen atoms in total. The van der Waals surface area contributed by atoms with E-state index >= 15 is 0 Å². The van der Waals surface area contributed by atoms with Crippen molar-refractivity contribution in [2.24, 2.45) is 17.8 Å². The average molecular weight is 486 g/mol. The number of ether oxygens (including phenoxy) is 1. The summed E-state index contributed by atoms with van der Waals surface area (Å²) in [5, 5.41) is 0. The van der Waals surface area contributed by atoms with Crippen molar-refractivity contribution in [1.29, 1.82) is 0 Å². The predicted molar refractivity (Wildman–Crippen MR) is 114 cm³/mol. The summed E-state index contributed by atoms with van der Waals surface area (Å²) in [6.45, 7) is 2.26. The molecule has 0 amide bonds. The van der Waals surface area contributed by atoms with Gasteiger partial charge in [0.05, 0.1) is 0 Å². The quantitative estimate of drug-likeness (QED) is 0.304. The van der Waals surface area contributed by atoms with Crippen molar-refractivity contribution in [3.63, 3.8) is 0 Å². The second-order valence-electron chi connectivity index (χ2n) is 9.42. The maximum atomic E-state index is 14.7. The predicted octanol–water partition coefficient (Wildman–Crippen LogP) is 8.52. The van der Waals surface area contributed by atoms with E-state index in [0.717, 1.165) is 30.9 Å². The minimum atomic E-state index is -4.59. The summed E-state index contributed by atoms with van der Waals surface area (Å²) >= 11 is 0. The fourth-order valence-corrected chi connectivity index (χ4v) is 5.13. The van der Waals surface area contributed by atoms with Crippen molar-refractivity contribution in [3.05, 3.63) is 70.6 Å². The first-order valence-electron chi connectivity index (χ1n) is 11.5. The fraction of sp³-hybridized carbons (Fsp3) is 0.462. The summed E-state index contributed by atoms with van der Waals surface area (Å²) in [7, 11) is 0. The third kappa shape index (κ3) is 5.10. The summed E-state index contributed by atoms with van der Waals surface area (Å²) in [4.78, 5) is 0. The Kier molecular flexibility index (Phi) is 6.97. The molecule has 0 radical (unpaired) electrons. The molecule has 1 saturated carbocycles. The van der Waals surface area contributed by atoms with Crippen molar-refractivity contribution < 1.29 is 35.5 Å². The molecule has 0 spiro atoms. The van der Waals surface area contributed by atoms with Crippen molar-refractivity contribution in [2.75, 3.05) is 0 Å². The molecule has 1 unspecified atom stereocenters. The molecular weight excluding hydrogens is 461 g/mol. The molecule has 2 aliphatic rings. The number of allylic oxidation sites excluding steroid dienone is 2. The molecule has 2 aromatic rings. The molecule has 4 rings (SSSR count). The second-order valence-corrected chi connectivity index (χ2v) is 9.42. The Balaban J connectivity index is 1.52. The molecule has 1 fully saturated rings. The molecule has 2 aliphatic carbocycles. The second kappa shape index (κ2) is 9.62.